The second-order valence-corrected chi connectivity index (χ2v) is 7.23. The van der Waals surface area contributed by atoms with Crippen LogP contribution < -0.4 is 10.6 Å². The lowest BCUT2D eigenvalue weighted by molar-refractivity contribution is -0.140. The summed E-state index contributed by atoms with van der Waals surface area (Å²) in [5.41, 5.74) is -1.85. The fourth-order valence-electron chi connectivity index (χ4n) is 3.67. The molecule has 1 heterocycles. The largest absolute Gasteiger partial charge is 0.419 e. The number of hydrogen-bond acceptors (Lipinski definition) is 2. The second-order valence-electron chi connectivity index (χ2n) is 7.23. The fourth-order valence-corrected chi connectivity index (χ4v) is 3.67. The summed E-state index contributed by atoms with van der Waals surface area (Å²) in [5, 5.41) is 5.89. The number of carbonyl (C=O) groups excluding carboxylic acids is 1. The molecule has 4 atom stereocenters. The van der Waals surface area contributed by atoms with E-state index in [1.807, 2.05) is 0 Å². The molecule has 2 N–H and O–H groups in total. The Hall–Kier alpha value is -1.70. The third-order valence-electron chi connectivity index (χ3n) is 5.31. The van der Waals surface area contributed by atoms with E-state index >= 15 is 0 Å². The maximum Gasteiger partial charge on any atom is 0.419 e. The van der Waals surface area contributed by atoms with E-state index in [9.17, 15) is 26.7 Å². The number of nitrogens with one attached hydrogen (secondary N) is 2. The zero-order chi connectivity index (χ0) is 17.9. The van der Waals surface area contributed by atoms with Gasteiger partial charge < -0.3 is 10.6 Å². The molecule has 136 valence electrons. The zero-order valence-electron chi connectivity index (χ0n) is 13.2. The van der Waals surface area contributed by atoms with Crippen molar-refractivity contribution in [3.63, 3.8) is 0 Å². The van der Waals surface area contributed by atoms with Crippen molar-refractivity contribution in [1.82, 2.24) is 10.6 Å². The smallest absolute Gasteiger partial charge is 0.348 e. The number of benzene rings is 1. The molecule has 3 fully saturated rings. The molecular formula is C17H17F5N2O. The summed E-state index contributed by atoms with van der Waals surface area (Å²) >= 11 is 0. The summed E-state index contributed by atoms with van der Waals surface area (Å²) in [6.07, 6.45) is -1.77. The second kappa shape index (κ2) is 5.65. The SMILES string of the molecule is O=C(NC(c1cc(F)c(C(F)(F)F)cc1F)C1CC1)[C@H]1C[C@H]2C[C@H]2N1. The standard InChI is InChI=1S/C17H17F5N2O/c18-11-6-10(17(20,21)22)12(19)5-9(11)15(7-1-2-7)24-16(25)14-4-8-3-13(8)23-14/h5-8,13-15,23H,1-4H2,(H,24,25)/t8-,13-,14-,15?/m1/s1. The van der Waals surface area contributed by atoms with Crippen molar-refractivity contribution < 1.29 is 26.7 Å². The molecule has 1 aromatic rings. The summed E-state index contributed by atoms with van der Waals surface area (Å²) in [4.78, 5) is 12.4. The molecule has 2 aliphatic carbocycles. The van der Waals surface area contributed by atoms with Crippen LogP contribution in [-0.4, -0.2) is 18.0 Å². The van der Waals surface area contributed by atoms with Gasteiger partial charge >= 0.3 is 6.18 Å². The molecule has 0 radical (unpaired) electrons. The van der Waals surface area contributed by atoms with Crippen LogP contribution in [0.25, 0.3) is 0 Å². The Balaban J connectivity index is 1.56. The van der Waals surface area contributed by atoms with Gasteiger partial charge in [-0.3, -0.25) is 4.79 Å². The number of amides is 1. The van der Waals surface area contributed by atoms with E-state index < -0.39 is 29.4 Å². The molecule has 4 rings (SSSR count). The zero-order valence-corrected chi connectivity index (χ0v) is 13.2. The monoisotopic (exact) mass is 360 g/mol. The number of alkyl halides is 3. The van der Waals surface area contributed by atoms with Crippen LogP contribution in [-0.2, 0) is 11.0 Å². The van der Waals surface area contributed by atoms with Gasteiger partial charge in [-0.25, -0.2) is 8.78 Å². The molecule has 1 aliphatic heterocycles. The quantitative estimate of drug-likeness (QED) is 0.809. The lowest BCUT2D eigenvalue weighted by Gasteiger charge is -2.23. The average molecular weight is 360 g/mol. The van der Waals surface area contributed by atoms with Gasteiger partial charge in [-0.15, -0.1) is 0 Å². The highest BCUT2D eigenvalue weighted by Gasteiger charge is 2.48. The van der Waals surface area contributed by atoms with E-state index in [0.717, 1.165) is 19.3 Å². The molecule has 8 heteroatoms. The summed E-state index contributed by atoms with van der Waals surface area (Å²) in [6.45, 7) is 0. The predicted octanol–water partition coefficient (Wildman–Crippen LogP) is 3.30. The van der Waals surface area contributed by atoms with Crippen LogP contribution in [0.2, 0.25) is 0 Å². The van der Waals surface area contributed by atoms with E-state index in [4.69, 9.17) is 0 Å². The molecule has 0 bridgehead atoms. The molecule has 1 unspecified atom stereocenters. The molecule has 0 aromatic heterocycles. The van der Waals surface area contributed by atoms with E-state index in [0.29, 0.717) is 24.4 Å². The molecule has 1 saturated heterocycles. The molecule has 25 heavy (non-hydrogen) atoms. The number of hydrogen-bond donors (Lipinski definition) is 2. The highest BCUT2D eigenvalue weighted by Crippen LogP contribution is 2.44. The molecule has 3 aliphatic rings. The van der Waals surface area contributed by atoms with Crippen molar-refractivity contribution in [3.05, 3.63) is 34.9 Å². The Kier molecular flexibility index (Phi) is 3.79. The van der Waals surface area contributed by atoms with Gasteiger partial charge in [0.2, 0.25) is 5.91 Å². The van der Waals surface area contributed by atoms with Gasteiger partial charge in [0.1, 0.15) is 11.6 Å². The summed E-state index contributed by atoms with van der Waals surface area (Å²) in [6, 6.07) is -0.0679. The van der Waals surface area contributed by atoms with Crippen LogP contribution in [0, 0.1) is 23.5 Å². The Morgan fingerprint density at radius 3 is 2.44 bits per heavy atom. The van der Waals surface area contributed by atoms with E-state index in [-0.39, 0.29) is 29.5 Å². The minimum absolute atomic E-state index is 0.0782. The van der Waals surface area contributed by atoms with E-state index in [1.54, 1.807) is 0 Å². The third-order valence-corrected chi connectivity index (χ3v) is 5.31. The molecule has 0 spiro atoms. The maximum absolute atomic E-state index is 14.3. The van der Waals surface area contributed by atoms with Crippen LogP contribution in [0.3, 0.4) is 0 Å². The van der Waals surface area contributed by atoms with Crippen molar-refractivity contribution in [1.29, 1.82) is 0 Å². The lowest BCUT2D eigenvalue weighted by Crippen LogP contribution is -2.44. The van der Waals surface area contributed by atoms with Crippen molar-refractivity contribution in [2.24, 2.45) is 11.8 Å². The summed E-state index contributed by atoms with van der Waals surface area (Å²) in [5.74, 6) is -2.55. The highest BCUT2D eigenvalue weighted by molar-refractivity contribution is 5.83. The van der Waals surface area contributed by atoms with Crippen molar-refractivity contribution >= 4 is 5.91 Å². The molecule has 3 nitrogen and oxygen atoms in total. The molecule has 2 saturated carbocycles. The number of halogens is 5. The highest BCUT2D eigenvalue weighted by atomic mass is 19.4. The average Bonchev–Trinajstić information content (AvgIpc) is 3.45. The van der Waals surface area contributed by atoms with Crippen LogP contribution in [0.4, 0.5) is 22.0 Å². The fraction of sp³-hybridized carbons (Fsp3) is 0.588. The van der Waals surface area contributed by atoms with Gasteiger partial charge in [0.05, 0.1) is 17.6 Å². The van der Waals surface area contributed by atoms with E-state index in [2.05, 4.69) is 10.6 Å². The van der Waals surface area contributed by atoms with Crippen molar-refractivity contribution in [2.75, 3.05) is 0 Å². The number of rotatable bonds is 4. The summed E-state index contributed by atoms with van der Waals surface area (Å²) in [7, 11) is 0. The van der Waals surface area contributed by atoms with Gasteiger partial charge in [0.25, 0.3) is 0 Å². The van der Waals surface area contributed by atoms with Gasteiger partial charge in [0.15, 0.2) is 0 Å². The van der Waals surface area contributed by atoms with Gasteiger partial charge in [0, 0.05) is 11.6 Å². The van der Waals surface area contributed by atoms with Crippen LogP contribution in [0.1, 0.15) is 42.9 Å². The third kappa shape index (κ3) is 3.23. The van der Waals surface area contributed by atoms with Crippen molar-refractivity contribution in [3.8, 4) is 0 Å². The Morgan fingerprint density at radius 1 is 1.16 bits per heavy atom. The minimum Gasteiger partial charge on any atom is -0.348 e. The van der Waals surface area contributed by atoms with Crippen molar-refractivity contribution in [2.45, 2.75) is 50.0 Å². The first kappa shape index (κ1) is 16.8. The first-order chi connectivity index (χ1) is 11.7. The van der Waals surface area contributed by atoms with Crippen LogP contribution in [0.5, 0.6) is 0 Å². The Bertz CT molecular complexity index is 706. The minimum atomic E-state index is -4.96. The normalized spacial score (nSPS) is 29.2. The topological polar surface area (TPSA) is 41.1 Å². The van der Waals surface area contributed by atoms with Gasteiger partial charge in [-0.1, -0.05) is 0 Å². The number of carbonyl (C=O) groups is 1. The predicted molar refractivity (Wildman–Crippen MR) is 78.4 cm³/mol. The Morgan fingerprint density at radius 2 is 1.88 bits per heavy atom. The molecule has 1 aromatic carbocycles. The number of fused-ring (bicyclic) bond motifs is 1. The van der Waals surface area contributed by atoms with Gasteiger partial charge in [-0.05, 0) is 49.7 Å². The first-order valence-electron chi connectivity index (χ1n) is 8.36. The van der Waals surface area contributed by atoms with E-state index in [1.165, 1.54) is 0 Å². The van der Waals surface area contributed by atoms with Gasteiger partial charge in [-0.2, -0.15) is 13.2 Å². The summed E-state index contributed by atoms with van der Waals surface area (Å²) < 4.78 is 66.2. The Labute approximate surface area is 141 Å². The van der Waals surface area contributed by atoms with Crippen LogP contribution >= 0.6 is 0 Å². The molecular weight excluding hydrogens is 343 g/mol. The maximum atomic E-state index is 14.3. The lowest BCUT2D eigenvalue weighted by atomic mass is 9.98. The van der Waals surface area contributed by atoms with Crippen LogP contribution in [0.15, 0.2) is 12.1 Å². The number of piperidine rings is 1. The first-order valence-corrected chi connectivity index (χ1v) is 8.36. The molecule has 1 amide bonds.